The molecule has 2 heterocycles. The highest BCUT2D eigenvalue weighted by Gasteiger charge is 2.16. The number of aromatic nitrogens is 4. The maximum absolute atomic E-state index is 4.58. The summed E-state index contributed by atoms with van der Waals surface area (Å²) >= 11 is 1.45. The highest BCUT2D eigenvalue weighted by atomic mass is 32.1. The summed E-state index contributed by atoms with van der Waals surface area (Å²) in [5, 5.41) is 11.8. The topological polar surface area (TPSA) is 55.6 Å². The Morgan fingerprint density at radius 2 is 2.28 bits per heavy atom. The van der Waals surface area contributed by atoms with E-state index < -0.39 is 0 Å². The predicted molar refractivity (Wildman–Crippen MR) is 72.7 cm³/mol. The van der Waals surface area contributed by atoms with Crippen LogP contribution >= 0.6 is 11.5 Å². The van der Waals surface area contributed by atoms with Gasteiger partial charge in [-0.05, 0) is 38.0 Å². The normalized spacial score (nSPS) is 12.8. The van der Waals surface area contributed by atoms with E-state index in [-0.39, 0.29) is 6.04 Å². The molecular formula is C12H19N5S. The Labute approximate surface area is 111 Å². The van der Waals surface area contributed by atoms with Crippen molar-refractivity contribution in [2.24, 2.45) is 0 Å². The summed E-state index contributed by atoms with van der Waals surface area (Å²) in [6, 6.07) is 2.46. The van der Waals surface area contributed by atoms with E-state index in [1.165, 1.54) is 22.1 Å². The standard InChI is InChI=1S/C12H19N5S/c1-4-9-6-10(17(5-2)15-9)7-11(13-3)12-8-14-16-18-12/h6,8,11,13H,4-5,7H2,1-3H3. The molecule has 5 nitrogen and oxygen atoms in total. The van der Waals surface area contributed by atoms with Gasteiger partial charge in [0.1, 0.15) is 0 Å². The van der Waals surface area contributed by atoms with Crippen LogP contribution in [0.5, 0.6) is 0 Å². The van der Waals surface area contributed by atoms with Crippen molar-refractivity contribution in [1.29, 1.82) is 0 Å². The van der Waals surface area contributed by atoms with E-state index in [9.17, 15) is 0 Å². The molecule has 0 fully saturated rings. The van der Waals surface area contributed by atoms with E-state index in [4.69, 9.17) is 0 Å². The minimum absolute atomic E-state index is 0.261. The molecule has 0 aliphatic rings. The third-order valence-electron chi connectivity index (χ3n) is 3.06. The molecule has 0 aliphatic carbocycles. The fourth-order valence-corrected chi connectivity index (χ4v) is 2.62. The lowest BCUT2D eigenvalue weighted by Crippen LogP contribution is -2.19. The molecule has 0 aliphatic heterocycles. The van der Waals surface area contributed by atoms with Gasteiger partial charge in [0.2, 0.25) is 0 Å². The maximum Gasteiger partial charge on any atom is 0.0669 e. The average molecular weight is 265 g/mol. The summed E-state index contributed by atoms with van der Waals surface area (Å²) in [6.45, 7) is 5.17. The van der Waals surface area contributed by atoms with Crippen molar-refractivity contribution in [3.63, 3.8) is 0 Å². The van der Waals surface area contributed by atoms with Crippen molar-refractivity contribution < 1.29 is 0 Å². The molecule has 0 saturated heterocycles. The van der Waals surface area contributed by atoms with Crippen LogP contribution in [0.1, 0.15) is 36.2 Å². The molecular weight excluding hydrogens is 246 g/mol. The highest BCUT2D eigenvalue weighted by molar-refractivity contribution is 7.05. The lowest BCUT2D eigenvalue weighted by molar-refractivity contribution is 0.545. The van der Waals surface area contributed by atoms with Gasteiger partial charge in [-0.25, -0.2) is 0 Å². The first-order chi connectivity index (χ1) is 8.78. The van der Waals surface area contributed by atoms with Crippen LogP contribution in [-0.4, -0.2) is 26.4 Å². The summed E-state index contributed by atoms with van der Waals surface area (Å²) in [7, 11) is 1.97. The molecule has 1 atom stereocenters. The van der Waals surface area contributed by atoms with Gasteiger partial charge < -0.3 is 5.32 Å². The Kier molecular flexibility index (Phi) is 4.43. The van der Waals surface area contributed by atoms with Crippen molar-refractivity contribution in [3.05, 3.63) is 28.5 Å². The molecule has 0 saturated carbocycles. The SMILES string of the molecule is CCc1cc(CC(NC)c2cnns2)n(CC)n1. The number of rotatable bonds is 6. The zero-order valence-electron chi connectivity index (χ0n) is 11.1. The second kappa shape index (κ2) is 6.06. The van der Waals surface area contributed by atoms with E-state index in [0.29, 0.717) is 0 Å². The second-order valence-electron chi connectivity index (χ2n) is 4.16. The average Bonchev–Trinajstić information content (AvgIpc) is 3.04. The molecule has 2 aromatic rings. The van der Waals surface area contributed by atoms with Gasteiger partial charge in [0, 0.05) is 18.7 Å². The van der Waals surface area contributed by atoms with Crippen LogP contribution < -0.4 is 5.32 Å². The predicted octanol–water partition coefficient (Wildman–Crippen LogP) is 1.82. The van der Waals surface area contributed by atoms with Crippen LogP contribution in [-0.2, 0) is 19.4 Å². The molecule has 0 radical (unpaired) electrons. The van der Waals surface area contributed by atoms with Crippen molar-refractivity contribution >= 4 is 11.5 Å². The Hall–Kier alpha value is -1.27. The molecule has 6 heteroatoms. The van der Waals surface area contributed by atoms with Gasteiger partial charge in [-0.3, -0.25) is 4.68 Å². The molecule has 0 aromatic carbocycles. The molecule has 98 valence electrons. The Morgan fingerprint density at radius 1 is 1.44 bits per heavy atom. The molecule has 18 heavy (non-hydrogen) atoms. The summed E-state index contributed by atoms with van der Waals surface area (Å²) in [6.07, 6.45) is 3.73. The quantitative estimate of drug-likeness (QED) is 0.865. The van der Waals surface area contributed by atoms with Crippen LogP contribution in [0, 0.1) is 0 Å². The van der Waals surface area contributed by atoms with Gasteiger partial charge in [-0.1, -0.05) is 11.4 Å². The lowest BCUT2D eigenvalue weighted by Gasteiger charge is -2.14. The number of aryl methyl sites for hydroxylation is 2. The Morgan fingerprint density at radius 3 is 2.83 bits per heavy atom. The first-order valence-corrected chi connectivity index (χ1v) is 7.05. The molecule has 1 unspecified atom stereocenters. The van der Waals surface area contributed by atoms with Crippen molar-refractivity contribution in [3.8, 4) is 0 Å². The van der Waals surface area contributed by atoms with Gasteiger partial charge in [-0.2, -0.15) is 5.10 Å². The molecule has 0 spiro atoms. The number of hydrogen-bond donors (Lipinski definition) is 1. The summed E-state index contributed by atoms with van der Waals surface area (Å²) in [5.41, 5.74) is 2.42. The second-order valence-corrected chi connectivity index (χ2v) is 4.98. The van der Waals surface area contributed by atoms with Gasteiger partial charge in [-0.15, -0.1) is 5.10 Å². The zero-order chi connectivity index (χ0) is 13.0. The number of nitrogens with zero attached hydrogens (tertiary/aromatic N) is 4. The van der Waals surface area contributed by atoms with Gasteiger partial charge in [0.15, 0.2) is 0 Å². The summed E-state index contributed by atoms with van der Waals surface area (Å²) < 4.78 is 6.01. The fraction of sp³-hybridized carbons (Fsp3) is 0.583. The molecule has 1 N–H and O–H groups in total. The van der Waals surface area contributed by atoms with Crippen LogP contribution in [0.3, 0.4) is 0 Å². The Bertz CT molecular complexity index is 477. The number of likely N-dealkylation sites (N-methyl/N-ethyl adjacent to an activating group) is 1. The van der Waals surface area contributed by atoms with Gasteiger partial charge >= 0.3 is 0 Å². The van der Waals surface area contributed by atoms with Crippen molar-refractivity contribution in [2.75, 3.05) is 7.05 Å². The van der Waals surface area contributed by atoms with Crippen LogP contribution in [0.15, 0.2) is 12.3 Å². The minimum atomic E-state index is 0.261. The Balaban J connectivity index is 2.19. The third kappa shape index (κ3) is 2.76. The highest BCUT2D eigenvalue weighted by Crippen LogP contribution is 2.20. The van der Waals surface area contributed by atoms with E-state index in [1.54, 1.807) is 0 Å². The lowest BCUT2D eigenvalue weighted by atomic mass is 10.1. The first-order valence-electron chi connectivity index (χ1n) is 6.28. The number of hydrogen-bond acceptors (Lipinski definition) is 5. The van der Waals surface area contributed by atoms with E-state index in [1.807, 2.05) is 13.2 Å². The fourth-order valence-electron chi connectivity index (χ4n) is 2.01. The van der Waals surface area contributed by atoms with Crippen molar-refractivity contribution in [1.82, 2.24) is 24.7 Å². The molecule has 0 bridgehead atoms. The van der Waals surface area contributed by atoms with Crippen LogP contribution in [0.4, 0.5) is 0 Å². The van der Waals surface area contributed by atoms with Gasteiger partial charge in [0.05, 0.1) is 22.8 Å². The van der Waals surface area contributed by atoms with Crippen molar-refractivity contribution in [2.45, 2.75) is 39.3 Å². The maximum atomic E-state index is 4.58. The summed E-state index contributed by atoms with van der Waals surface area (Å²) in [4.78, 5) is 1.17. The largest absolute Gasteiger partial charge is 0.312 e. The first kappa shape index (κ1) is 13.2. The summed E-state index contributed by atoms with van der Waals surface area (Å²) in [5.74, 6) is 0. The monoisotopic (exact) mass is 265 g/mol. The minimum Gasteiger partial charge on any atom is -0.312 e. The van der Waals surface area contributed by atoms with E-state index >= 15 is 0 Å². The van der Waals surface area contributed by atoms with E-state index in [0.717, 1.165) is 25.1 Å². The smallest absolute Gasteiger partial charge is 0.0669 e. The van der Waals surface area contributed by atoms with Crippen LogP contribution in [0.25, 0.3) is 0 Å². The van der Waals surface area contributed by atoms with E-state index in [2.05, 4.69) is 44.6 Å². The number of nitrogens with one attached hydrogen (secondary N) is 1. The zero-order valence-corrected chi connectivity index (χ0v) is 11.9. The molecule has 0 amide bonds. The molecule has 2 rings (SSSR count). The molecule has 2 aromatic heterocycles. The van der Waals surface area contributed by atoms with Crippen LogP contribution in [0.2, 0.25) is 0 Å². The third-order valence-corrected chi connectivity index (χ3v) is 3.84. The van der Waals surface area contributed by atoms with Gasteiger partial charge in [0.25, 0.3) is 0 Å².